The predicted molar refractivity (Wildman–Crippen MR) is 103 cm³/mol. The molecule has 0 radical (unpaired) electrons. The van der Waals surface area contributed by atoms with Crippen LogP contribution in [-0.2, 0) is 26.9 Å². The van der Waals surface area contributed by atoms with E-state index in [9.17, 15) is 27.9 Å². The summed E-state index contributed by atoms with van der Waals surface area (Å²) in [7, 11) is 0. The van der Waals surface area contributed by atoms with Crippen LogP contribution < -0.4 is 0 Å². The highest BCUT2D eigenvalue weighted by molar-refractivity contribution is 5.79. The second-order valence-electron chi connectivity index (χ2n) is 7.20. The molecule has 30 heavy (non-hydrogen) atoms. The summed E-state index contributed by atoms with van der Waals surface area (Å²) >= 11 is 0. The second kappa shape index (κ2) is 11.1. The maximum atomic E-state index is 12.8. The first-order chi connectivity index (χ1) is 14.2. The lowest BCUT2D eigenvalue weighted by Crippen LogP contribution is -2.33. The first kappa shape index (κ1) is 23.9. The van der Waals surface area contributed by atoms with Gasteiger partial charge in [0.2, 0.25) is 5.91 Å². The van der Waals surface area contributed by atoms with Gasteiger partial charge in [-0.25, -0.2) is 4.79 Å². The summed E-state index contributed by atoms with van der Waals surface area (Å²) in [5.41, 5.74) is -0.376. The third-order valence-electron chi connectivity index (χ3n) is 4.79. The molecule has 2 unspecified atom stereocenters. The number of rotatable bonds is 11. The zero-order chi connectivity index (χ0) is 22.1. The number of aliphatic hydroxyl groups is 1. The lowest BCUT2D eigenvalue weighted by molar-refractivity contribution is -0.142. The third-order valence-corrected chi connectivity index (χ3v) is 4.79. The summed E-state index contributed by atoms with van der Waals surface area (Å²) in [6.07, 6.45) is 0.179. The zero-order valence-corrected chi connectivity index (χ0v) is 16.5. The van der Waals surface area contributed by atoms with Crippen molar-refractivity contribution in [3.05, 3.63) is 47.5 Å². The fourth-order valence-electron chi connectivity index (χ4n) is 3.33. The molecule has 6 nitrogen and oxygen atoms in total. The van der Waals surface area contributed by atoms with Crippen molar-refractivity contribution >= 4 is 11.9 Å². The van der Waals surface area contributed by atoms with Crippen LogP contribution in [0.1, 0.15) is 36.8 Å². The molecular weight excluding hydrogens is 403 g/mol. The molecule has 1 aliphatic rings. The monoisotopic (exact) mass is 429 g/mol. The lowest BCUT2D eigenvalue weighted by Gasteiger charge is -2.22. The Morgan fingerprint density at radius 3 is 2.80 bits per heavy atom. The van der Waals surface area contributed by atoms with Gasteiger partial charge in [0.15, 0.2) is 0 Å². The number of halogens is 3. The van der Waals surface area contributed by atoms with Crippen molar-refractivity contribution in [1.82, 2.24) is 4.90 Å². The molecule has 2 N–H and O–H groups in total. The molecule has 0 spiro atoms. The molecule has 0 bridgehead atoms. The number of amides is 1. The number of ether oxygens (including phenoxy) is 1. The third kappa shape index (κ3) is 7.79. The second-order valence-corrected chi connectivity index (χ2v) is 7.20. The summed E-state index contributed by atoms with van der Waals surface area (Å²) in [6, 6.07) is 4.68. The molecule has 1 aliphatic heterocycles. The van der Waals surface area contributed by atoms with Gasteiger partial charge < -0.3 is 19.8 Å². The Morgan fingerprint density at radius 1 is 1.33 bits per heavy atom. The number of benzene rings is 1. The molecule has 1 amide bonds. The maximum absolute atomic E-state index is 12.8. The molecule has 0 aliphatic carbocycles. The number of hydrogen-bond donors (Lipinski definition) is 2. The van der Waals surface area contributed by atoms with Crippen LogP contribution in [0.15, 0.2) is 36.4 Å². The highest BCUT2D eigenvalue weighted by Gasteiger charge is 2.30. The van der Waals surface area contributed by atoms with Gasteiger partial charge in [0.05, 0.1) is 17.7 Å². The van der Waals surface area contributed by atoms with Gasteiger partial charge >= 0.3 is 12.1 Å². The van der Waals surface area contributed by atoms with Gasteiger partial charge in [-0.1, -0.05) is 30.4 Å². The van der Waals surface area contributed by atoms with E-state index in [1.54, 1.807) is 11.0 Å². The van der Waals surface area contributed by atoms with Crippen molar-refractivity contribution < 1.29 is 37.7 Å². The summed E-state index contributed by atoms with van der Waals surface area (Å²) < 4.78 is 43.3. The number of likely N-dealkylation sites (tertiary alicyclic amines) is 1. The van der Waals surface area contributed by atoms with E-state index in [1.807, 2.05) is 0 Å². The normalized spacial score (nSPS) is 18.3. The molecule has 1 aromatic rings. The maximum Gasteiger partial charge on any atom is 0.416 e. The van der Waals surface area contributed by atoms with Crippen molar-refractivity contribution in [2.75, 3.05) is 19.8 Å². The molecule has 1 aromatic carbocycles. The topological polar surface area (TPSA) is 87.1 Å². The van der Waals surface area contributed by atoms with E-state index in [-0.39, 0.29) is 25.0 Å². The van der Waals surface area contributed by atoms with Crippen LogP contribution in [0.3, 0.4) is 0 Å². The Labute approximate surface area is 172 Å². The van der Waals surface area contributed by atoms with Crippen LogP contribution in [0.5, 0.6) is 0 Å². The SMILES string of the molecule is O=C(O)COCCCCN1C(=O)CCC1C=CC(O)Cc1cccc(C(F)(F)F)c1. The fraction of sp³-hybridized carbons (Fsp3) is 0.524. The Balaban J connectivity index is 1.83. The van der Waals surface area contributed by atoms with Crippen LogP contribution in [-0.4, -0.2) is 58.9 Å². The number of aliphatic carboxylic acids is 1. The first-order valence-electron chi connectivity index (χ1n) is 9.78. The van der Waals surface area contributed by atoms with Crippen LogP contribution in [0.25, 0.3) is 0 Å². The highest BCUT2D eigenvalue weighted by Crippen LogP contribution is 2.29. The molecule has 1 saturated heterocycles. The van der Waals surface area contributed by atoms with Gasteiger partial charge in [-0.15, -0.1) is 0 Å². The minimum absolute atomic E-state index is 0.00322. The summed E-state index contributed by atoms with van der Waals surface area (Å²) in [5.74, 6) is -1.03. The zero-order valence-electron chi connectivity index (χ0n) is 16.5. The number of carboxylic acids is 1. The lowest BCUT2D eigenvalue weighted by atomic mass is 10.0. The van der Waals surface area contributed by atoms with Crippen molar-refractivity contribution in [3.63, 3.8) is 0 Å². The number of carboxylic acid groups (broad SMARTS) is 1. The average Bonchev–Trinajstić information content (AvgIpc) is 3.02. The van der Waals surface area contributed by atoms with Gasteiger partial charge in [0.1, 0.15) is 6.61 Å². The van der Waals surface area contributed by atoms with Crippen molar-refractivity contribution in [3.8, 4) is 0 Å². The van der Waals surface area contributed by atoms with Crippen LogP contribution in [0, 0.1) is 0 Å². The molecule has 1 heterocycles. The molecule has 2 rings (SSSR count). The van der Waals surface area contributed by atoms with Gasteiger partial charge in [-0.2, -0.15) is 13.2 Å². The molecule has 9 heteroatoms. The number of nitrogens with zero attached hydrogens (tertiary/aromatic N) is 1. The summed E-state index contributed by atoms with van der Waals surface area (Å²) in [5, 5.41) is 18.7. The van der Waals surface area contributed by atoms with Gasteiger partial charge in [0.25, 0.3) is 0 Å². The molecule has 166 valence electrons. The standard InChI is InChI=1S/C21H26F3NO5/c22-21(23,24)16-5-3-4-15(12-16)13-18(26)8-6-17-7-9-19(27)25(17)10-1-2-11-30-14-20(28)29/h3-6,8,12,17-18,26H,1-2,7,9-11,13-14H2,(H,28,29). The van der Waals surface area contributed by atoms with E-state index in [1.165, 1.54) is 18.2 Å². The largest absolute Gasteiger partial charge is 0.480 e. The van der Waals surface area contributed by atoms with Crippen LogP contribution in [0.2, 0.25) is 0 Å². The molecular formula is C21H26F3NO5. The van der Waals surface area contributed by atoms with E-state index >= 15 is 0 Å². The highest BCUT2D eigenvalue weighted by atomic mass is 19.4. The smallest absolute Gasteiger partial charge is 0.416 e. The van der Waals surface area contributed by atoms with E-state index in [4.69, 9.17) is 9.84 Å². The van der Waals surface area contributed by atoms with E-state index < -0.39 is 23.8 Å². The quantitative estimate of drug-likeness (QED) is 0.417. The number of alkyl halides is 3. The van der Waals surface area contributed by atoms with Crippen LogP contribution >= 0.6 is 0 Å². The Hall–Kier alpha value is -2.39. The van der Waals surface area contributed by atoms with Crippen molar-refractivity contribution in [1.29, 1.82) is 0 Å². The van der Waals surface area contributed by atoms with Gasteiger partial charge in [-0.05, 0) is 30.9 Å². The van der Waals surface area contributed by atoms with E-state index in [2.05, 4.69) is 0 Å². The Morgan fingerprint density at radius 2 is 2.10 bits per heavy atom. The van der Waals surface area contributed by atoms with Gasteiger partial charge in [0, 0.05) is 26.0 Å². The van der Waals surface area contributed by atoms with E-state index in [0.717, 1.165) is 12.1 Å². The number of aliphatic hydroxyl groups excluding tert-OH is 1. The molecule has 0 aromatic heterocycles. The van der Waals surface area contributed by atoms with Crippen molar-refractivity contribution in [2.24, 2.45) is 0 Å². The fourth-order valence-corrected chi connectivity index (χ4v) is 3.33. The molecule has 0 saturated carbocycles. The number of hydrogen-bond acceptors (Lipinski definition) is 4. The first-order valence-corrected chi connectivity index (χ1v) is 9.78. The van der Waals surface area contributed by atoms with Crippen LogP contribution in [0.4, 0.5) is 13.2 Å². The summed E-state index contributed by atoms with van der Waals surface area (Å²) in [4.78, 5) is 24.1. The number of carbonyl (C=O) groups excluding carboxylic acids is 1. The van der Waals surface area contributed by atoms with E-state index in [0.29, 0.717) is 44.4 Å². The Kier molecular flexibility index (Phi) is 8.86. The van der Waals surface area contributed by atoms with Crippen molar-refractivity contribution in [2.45, 2.75) is 50.4 Å². The Bertz CT molecular complexity index is 750. The van der Waals surface area contributed by atoms with Gasteiger partial charge in [-0.3, -0.25) is 4.79 Å². The minimum Gasteiger partial charge on any atom is -0.480 e. The predicted octanol–water partition coefficient (Wildman–Crippen LogP) is 3.04. The average molecular weight is 429 g/mol. The summed E-state index contributed by atoms with van der Waals surface area (Å²) in [6.45, 7) is 0.441. The number of carbonyl (C=O) groups is 2. The molecule has 2 atom stereocenters. The minimum atomic E-state index is -4.43. The number of unbranched alkanes of at least 4 members (excludes halogenated alkanes) is 1. The molecule has 1 fully saturated rings.